The smallest absolute Gasteiger partial charge is 0.341 e. The van der Waals surface area contributed by atoms with Crippen molar-refractivity contribution in [3.8, 4) is 5.75 Å². The number of benzene rings is 1. The van der Waals surface area contributed by atoms with Crippen LogP contribution in [0.4, 0.5) is 5.00 Å². The van der Waals surface area contributed by atoms with Crippen LogP contribution in [0.5, 0.6) is 5.75 Å². The molecule has 0 saturated heterocycles. The van der Waals surface area contributed by atoms with E-state index in [0.29, 0.717) is 33.5 Å². The van der Waals surface area contributed by atoms with Gasteiger partial charge in [0.2, 0.25) is 0 Å². The monoisotopic (exact) mass is 407 g/mol. The first-order chi connectivity index (χ1) is 13.0. The summed E-state index contributed by atoms with van der Waals surface area (Å²) in [6.07, 6.45) is 5.01. The number of fused-ring (bicyclic) bond motifs is 1. The fourth-order valence-corrected chi connectivity index (χ4v) is 4.72. The van der Waals surface area contributed by atoms with Crippen LogP contribution in [0.1, 0.15) is 57.3 Å². The minimum Gasteiger partial charge on any atom is -0.496 e. The molecule has 7 heteroatoms. The third-order valence-electron chi connectivity index (χ3n) is 4.53. The molecule has 144 valence electrons. The number of anilines is 1. The van der Waals surface area contributed by atoms with Gasteiger partial charge < -0.3 is 14.8 Å². The largest absolute Gasteiger partial charge is 0.496 e. The van der Waals surface area contributed by atoms with E-state index in [-0.39, 0.29) is 11.9 Å². The maximum atomic E-state index is 12.9. The number of amides is 1. The third-order valence-corrected chi connectivity index (χ3v) is 5.98. The molecule has 0 spiro atoms. The molecular weight excluding hydrogens is 386 g/mol. The molecule has 1 aromatic carbocycles. The van der Waals surface area contributed by atoms with Crippen molar-refractivity contribution >= 4 is 39.8 Å². The molecule has 0 bridgehead atoms. The molecular formula is C20H22ClNO4S. The van der Waals surface area contributed by atoms with E-state index in [9.17, 15) is 9.59 Å². The van der Waals surface area contributed by atoms with Crippen molar-refractivity contribution in [2.24, 2.45) is 0 Å². The molecule has 1 amide bonds. The molecule has 0 fully saturated rings. The highest BCUT2D eigenvalue weighted by Crippen LogP contribution is 2.38. The first-order valence-corrected chi connectivity index (χ1v) is 10.2. The Labute approximate surface area is 167 Å². The molecule has 0 atom stereocenters. The van der Waals surface area contributed by atoms with Crippen LogP contribution in [0, 0.1) is 0 Å². The second-order valence-electron chi connectivity index (χ2n) is 6.29. The van der Waals surface area contributed by atoms with Crippen molar-refractivity contribution < 1.29 is 19.1 Å². The lowest BCUT2D eigenvalue weighted by Crippen LogP contribution is -2.16. The predicted octanol–water partition coefficient (Wildman–Crippen LogP) is 5.11. The molecule has 1 aliphatic carbocycles. The van der Waals surface area contributed by atoms with E-state index >= 15 is 0 Å². The zero-order valence-electron chi connectivity index (χ0n) is 15.4. The lowest BCUT2D eigenvalue weighted by atomic mass is 10.1. The second kappa shape index (κ2) is 8.76. The van der Waals surface area contributed by atoms with Crippen molar-refractivity contribution in [1.29, 1.82) is 0 Å². The van der Waals surface area contributed by atoms with Crippen LogP contribution < -0.4 is 10.1 Å². The SMILES string of the molecule is CCOC(=O)c1c(NC(=O)c2cc(Cl)ccc2OC)sc2c1CCCCC2. The number of hydrogen-bond acceptors (Lipinski definition) is 5. The highest BCUT2D eigenvalue weighted by Gasteiger charge is 2.27. The van der Waals surface area contributed by atoms with Crippen molar-refractivity contribution in [1.82, 2.24) is 0 Å². The summed E-state index contributed by atoms with van der Waals surface area (Å²) < 4.78 is 10.5. The van der Waals surface area contributed by atoms with Gasteiger partial charge in [-0.25, -0.2) is 4.79 Å². The molecule has 0 aliphatic heterocycles. The van der Waals surface area contributed by atoms with Gasteiger partial charge in [0.15, 0.2) is 0 Å². The summed E-state index contributed by atoms with van der Waals surface area (Å²) in [5, 5.41) is 3.86. The standard InChI is InChI=1S/C20H22ClNO4S/c1-3-26-20(24)17-13-7-5-4-6-8-16(13)27-19(17)22-18(23)14-11-12(21)9-10-15(14)25-2/h9-11H,3-8H2,1-2H3,(H,22,23). The lowest BCUT2D eigenvalue weighted by molar-refractivity contribution is 0.0527. The highest BCUT2D eigenvalue weighted by molar-refractivity contribution is 7.17. The fourth-order valence-electron chi connectivity index (χ4n) is 3.28. The minimum absolute atomic E-state index is 0.291. The van der Waals surface area contributed by atoms with Crippen LogP contribution in [0.15, 0.2) is 18.2 Å². The number of methoxy groups -OCH3 is 1. The van der Waals surface area contributed by atoms with Gasteiger partial charge in [0.25, 0.3) is 5.91 Å². The van der Waals surface area contributed by atoms with E-state index in [1.54, 1.807) is 25.1 Å². The van der Waals surface area contributed by atoms with E-state index in [1.165, 1.54) is 18.4 Å². The fraction of sp³-hybridized carbons (Fsp3) is 0.400. The molecule has 1 aliphatic rings. The first kappa shape index (κ1) is 19.7. The molecule has 1 heterocycles. The predicted molar refractivity (Wildman–Crippen MR) is 107 cm³/mol. The Morgan fingerprint density at radius 3 is 2.74 bits per heavy atom. The van der Waals surface area contributed by atoms with Gasteiger partial charge >= 0.3 is 5.97 Å². The summed E-state index contributed by atoms with van der Waals surface area (Å²) in [5.41, 5.74) is 1.83. The van der Waals surface area contributed by atoms with Crippen molar-refractivity contribution in [3.05, 3.63) is 44.8 Å². The van der Waals surface area contributed by atoms with Crippen molar-refractivity contribution in [2.45, 2.75) is 39.0 Å². The van der Waals surface area contributed by atoms with Gasteiger partial charge in [0.05, 0.1) is 24.8 Å². The van der Waals surface area contributed by atoms with Gasteiger partial charge in [-0.2, -0.15) is 0 Å². The number of hydrogen-bond donors (Lipinski definition) is 1. The molecule has 3 rings (SSSR count). The van der Waals surface area contributed by atoms with Crippen molar-refractivity contribution in [2.75, 3.05) is 19.0 Å². The molecule has 0 unspecified atom stereocenters. The van der Waals surface area contributed by atoms with Crippen LogP contribution in [-0.2, 0) is 17.6 Å². The van der Waals surface area contributed by atoms with E-state index in [0.717, 1.165) is 42.5 Å². The summed E-state index contributed by atoms with van der Waals surface area (Å²) in [4.78, 5) is 26.6. The van der Waals surface area contributed by atoms with Crippen LogP contribution in [0.3, 0.4) is 0 Å². The number of carbonyl (C=O) groups excluding carboxylic acids is 2. The van der Waals surface area contributed by atoms with Gasteiger partial charge in [0, 0.05) is 9.90 Å². The topological polar surface area (TPSA) is 64.6 Å². The quantitative estimate of drug-likeness (QED) is 0.552. The van der Waals surface area contributed by atoms with Gasteiger partial charge in [-0.1, -0.05) is 18.0 Å². The highest BCUT2D eigenvalue weighted by atomic mass is 35.5. The van der Waals surface area contributed by atoms with Crippen LogP contribution in [0.25, 0.3) is 0 Å². The lowest BCUT2D eigenvalue weighted by Gasteiger charge is -2.11. The average molecular weight is 408 g/mol. The Balaban J connectivity index is 1.98. The molecule has 5 nitrogen and oxygen atoms in total. The van der Waals surface area contributed by atoms with Crippen molar-refractivity contribution in [3.63, 3.8) is 0 Å². The molecule has 1 aromatic heterocycles. The van der Waals surface area contributed by atoms with Gasteiger partial charge in [-0.05, 0) is 56.4 Å². The summed E-state index contributed by atoms with van der Waals surface area (Å²) in [7, 11) is 1.50. The van der Waals surface area contributed by atoms with Crippen LogP contribution >= 0.6 is 22.9 Å². The van der Waals surface area contributed by atoms with E-state index in [1.807, 2.05) is 0 Å². The Morgan fingerprint density at radius 1 is 1.22 bits per heavy atom. The second-order valence-corrected chi connectivity index (χ2v) is 7.83. The number of ether oxygens (including phenoxy) is 2. The maximum absolute atomic E-state index is 12.9. The molecule has 0 saturated carbocycles. The number of halogens is 1. The van der Waals surface area contributed by atoms with E-state index in [4.69, 9.17) is 21.1 Å². The van der Waals surface area contributed by atoms with E-state index < -0.39 is 0 Å². The summed E-state index contributed by atoms with van der Waals surface area (Å²) in [6.45, 7) is 2.07. The number of rotatable bonds is 5. The van der Waals surface area contributed by atoms with Gasteiger partial charge in [0.1, 0.15) is 10.8 Å². The summed E-state index contributed by atoms with van der Waals surface area (Å²) in [5.74, 6) is -0.325. The molecule has 2 aromatic rings. The van der Waals surface area contributed by atoms with E-state index in [2.05, 4.69) is 5.32 Å². The molecule has 1 N–H and O–H groups in total. The summed E-state index contributed by atoms with van der Waals surface area (Å²) in [6, 6.07) is 4.86. The third kappa shape index (κ3) is 4.28. The number of thiophene rings is 1. The molecule has 0 radical (unpaired) electrons. The van der Waals surface area contributed by atoms with Gasteiger partial charge in [-0.3, -0.25) is 4.79 Å². The number of esters is 1. The zero-order chi connectivity index (χ0) is 19.4. The number of carbonyl (C=O) groups is 2. The Hall–Kier alpha value is -2.05. The number of aryl methyl sites for hydroxylation is 1. The number of nitrogens with one attached hydrogen (secondary N) is 1. The normalized spacial score (nSPS) is 13.4. The van der Waals surface area contributed by atoms with Crippen LogP contribution in [-0.4, -0.2) is 25.6 Å². The first-order valence-electron chi connectivity index (χ1n) is 9.01. The maximum Gasteiger partial charge on any atom is 0.341 e. The summed E-state index contributed by atoms with van der Waals surface area (Å²) >= 11 is 7.50. The Bertz CT molecular complexity index is 862. The van der Waals surface area contributed by atoms with Crippen LogP contribution in [0.2, 0.25) is 5.02 Å². The van der Waals surface area contributed by atoms with Gasteiger partial charge in [-0.15, -0.1) is 11.3 Å². The zero-order valence-corrected chi connectivity index (χ0v) is 17.0. The Kier molecular flexibility index (Phi) is 6.39. The Morgan fingerprint density at radius 2 is 2.00 bits per heavy atom. The minimum atomic E-state index is -0.384. The molecule has 27 heavy (non-hydrogen) atoms. The average Bonchev–Trinajstić information content (AvgIpc) is 2.82.